The van der Waals surface area contributed by atoms with Gasteiger partial charge in [0.15, 0.2) is 5.75 Å². The normalized spacial score (nSPS) is 10.5. The molecular weight excluding hydrogens is 268 g/mol. The standard InChI is InChI=1S/C16H12N2O3/c19-16(20)9-11-5-7-12(8-6-11)21-15-10-17-18-14-4-2-1-3-13(14)15/h1-8,10H,9H2,(H,19,20). The predicted octanol–water partition coefficient (Wildman–Crippen LogP) is 3.05. The quantitative estimate of drug-likeness (QED) is 0.795. The van der Waals surface area contributed by atoms with E-state index in [2.05, 4.69) is 10.2 Å². The number of hydrogen-bond donors (Lipinski definition) is 1. The lowest BCUT2D eigenvalue weighted by Gasteiger charge is -2.08. The number of rotatable bonds is 4. The van der Waals surface area contributed by atoms with E-state index in [1.54, 1.807) is 30.5 Å². The molecule has 1 aromatic heterocycles. The van der Waals surface area contributed by atoms with E-state index < -0.39 is 5.97 Å². The summed E-state index contributed by atoms with van der Waals surface area (Å²) in [5, 5.41) is 17.6. The van der Waals surface area contributed by atoms with Crippen molar-refractivity contribution in [2.45, 2.75) is 6.42 Å². The maximum Gasteiger partial charge on any atom is 0.307 e. The highest BCUT2D eigenvalue weighted by atomic mass is 16.5. The average Bonchev–Trinajstić information content (AvgIpc) is 2.49. The molecular formula is C16H12N2O3. The van der Waals surface area contributed by atoms with Gasteiger partial charge in [0, 0.05) is 5.39 Å². The fourth-order valence-electron chi connectivity index (χ4n) is 2.04. The van der Waals surface area contributed by atoms with E-state index in [0.717, 1.165) is 16.5 Å². The molecule has 3 rings (SSSR count). The number of ether oxygens (including phenoxy) is 1. The molecule has 1 heterocycles. The van der Waals surface area contributed by atoms with Crippen molar-refractivity contribution in [2.75, 3.05) is 0 Å². The van der Waals surface area contributed by atoms with Gasteiger partial charge < -0.3 is 9.84 Å². The zero-order valence-electron chi connectivity index (χ0n) is 11.1. The lowest BCUT2D eigenvalue weighted by Crippen LogP contribution is -1.99. The molecule has 0 unspecified atom stereocenters. The van der Waals surface area contributed by atoms with Gasteiger partial charge in [0.1, 0.15) is 5.75 Å². The highest BCUT2D eigenvalue weighted by Crippen LogP contribution is 2.27. The Morgan fingerprint density at radius 3 is 2.62 bits per heavy atom. The minimum atomic E-state index is -0.854. The molecule has 0 saturated heterocycles. The van der Waals surface area contributed by atoms with Gasteiger partial charge in [-0.3, -0.25) is 4.79 Å². The highest BCUT2D eigenvalue weighted by Gasteiger charge is 2.05. The van der Waals surface area contributed by atoms with Gasteiger partial charge >= 0.3 is 5.97 Å². The van der Waals surface area contributed by atoms with Crippen molar-refractivity contribution >= 4 is 16.9 Å². The third kappa shape index (κ3) is 2.97. The minimum Gasteiger partial charge on any atom is -0.481 e. The van der Waals surface area contributed by atoms with E-state index in [0.29, 0.717) is 11.5 Å². The van der Waals surface area contributed by atoms with Crippen molar-refractivity contribution in [3.05, 3.63) is 60.3 Å². The highest BCUT2D eigenvalue weighted by molar-refractivity contribution is 5.84. The summed E-state index contributed by atoms with van der Waals surface area (Å²) in [6.07, 6.45) is 1.56. The van der Waals surface area contributed by atoms with Gasteiger partial charge in [-0.1, -0.05) is 24.3 Å². The summed E-state index contributed by atoms with van der Waals surface area (Å²) < 4.78 is 5.80. The molecule has 2 aromatic carbocycles. The molecule has 0 bridgehead atoms. The van der Waals surface area contributed by atoms with E-state index in [-0.39, 0.29) is 6.42 Å². The number of carboxylic acid groups (broad SMARTS) is 1. The molecule has 0 aliphatic carbocycles. The van der Waals surface area contributed by atoms with E-state index in [1.165, 1.54) is 0 Å². The average molecular weight is 280 g/mol. The molecule has 0 fully saturated rings. The number of aliphatic carboxylic acids is 1. The number of nitrogens with zero attached hydrogens (tertiary/aromatic N) is 2. The van der Waals surface area contributed by atoms with Crippen molar-refractivity contribution in [3.8, 4) is 11.5 Å². The van der Waals surface area contributed by atoms with Crippen LogP contribution in [0.2, 0.25) is 0 Å². The van der Waals surface area contributed by atoms with Crippen molar-refractivity contribution < 1.29 is 14.6 Å². The second kappa shape index (κ2) is 5.58. The second-order valence-electron chi connectivity index (χ2n) is 4.54. The van der Waals surface area contributed by atoms with E-state index >= 15 is 0 Å². The van der Waals surface area contributed by atoms with Crippen LogP contribution in [0.3, 0.4) is 0 Å². The Morgan fingerprint density at radius 2 is 1.86 bits per heavy atom. The number of carbonyl (C=O) groups is 1. The molecule has 0 spiro atoms. The zero-order chi connectivity index (χ0) is 14.7. The van der Waals surface area contributed by atoms with E-state index in [4.69, 9.17) is 9.84 Å². The van der Waals surface area contributed by atoms with E-state index in [1.807, 2.05) is 24.3 Å². The van der Waals surface area contributed by atoms with Crippen LogP contribution in [-0.4, -0.2) is 21.3 Å². The minimum absolute atomic E-state index is 0.0000230. The number of hydrogen-bond acceptors (Lipinski definition) is 4. The van der Waals surface area contributed by atoms with Crippen molar-refractivity contribution in [1.82, 2.24) is 10.2 Å². The first-order chi connectivity index (χ1) is 10.2. The Labute approximate surface area is 120 Å². The van der Waals surface area contributed by atoms with Crippen molar-refractivity contribution in [2.24, 2.45) is 0 Å². The van der Waals surface area contributed by atoms with Gasteiger partial charge in [-0.15, -0.1) is 0 Å². The van der Waals surface area contributed by atoms with Gasteiger partial charge in [-0.2, -0.15) is 10.2 Å². The van der Waals surface area contributed by atoms with Gasteiger partial charge in [-0.05, 0) is 29.8 Å². The lowest BCUT2D eigenvalue weighted by molar-refractivity contribution is -0.136. The summed E-state index contributed by atoms with van der Waals surface area (Å²) in [4.78, 5) is 10.6. The first kappa shape index (κ1) is 13.1. The maximum absolute atomic E-state index is 10.6. The van der Waals surface area contributed by atoms with Crippen molar-refractivity contribution in [1.29, 1.82) is 0 Å². The zero-order valence-corrected chi connectivity index (χ0v) is 11.1. The van der Waals surface area contributed by atoms with Crippen LogP contribution in [-0.2, 0) is 11.2 Å². The Kier molecular flexibility index (Phi) is 3.47. The van der Waals surface area contributed by atoms with Crippen LogP contribution in [0.5, 0.6) is 11.5 Å². The Morgan fingerprint density at radius 1 is 1.10 bits per heavy atom. The van der Waals surface area contributed by atoms with Crippen LogP contribution in [0.15, 0.2) is 54.7 Å². The second-order valence-corrected chi connectivity index (χ2v) is 4.54. The van der Waals surface area contributed by atoms with Crippen molar-refractivity contribution in [3.63, 3.8) is 0 Å². The first-order valence-electron chi connectivity index (χ1n) is 6.41. The molecule has 104 valence electrons. The topological polar surface area (TPSA) is 72.3 Å². The largest absolute Gasteiger partial charge is 0.481 e. The van der Waals surface area contributed by atoms with Gasteiger partial charge in [0.05, 0.1) is 18.1 Å². The summed E-state index contributed by atoms with van der Waals surface area (Å²) in [5.74, 6) is 0.391. The fourth-order valence-corrected chi connectivity index (χ4v) is 2.04. The first-order valence-corrected chi connectivity index (χ1v) is 6.41. The van der Waals surface area contributed by atoms with Crippen LogP contribution in [0.1, 0.15) is 5.56 Å². The Balaban J connectivity index is 1.87. The van der Waals surface area contributed by atoms with Gasteiger partial charge in [-0.25, -0.2) is 0 Å². The molecule has 0 aliphatic heterocycles. The summed E-state index contributed by atoms with van der Waals surface area (Å²) in [7, 11) is 0. The molecule has 0 atom stereocenters. The van der Waals surface area contributed by atoms with Crippen LogP contribution < -0.4 is 4.74 Å². The lowest BCUT2D eigenvalue weighted by atomic mass is 10.1. The molecule has 0 amide bonds. The monoisotopic (exact) mass is 280 g/mol. The van der Waals surface area contributed by atoms with Crippen LogP contribution >= 0.6 is 0 Å². The molecule has 0 aliphatic rings. The molecule has 0 radical (unpaired) electrons. The summed E-state index contributed by atoms with van der Waals surface area (Å²) in [5.41, 5.74) is 1.49. The third-order valence-electron chi connectivity index (χ3n) is 3.02. The van der Waals surface area contributed by atoms with E-state index in [9.17, 15) is 4.79 Å². The molecule has 5 heteroatoms. The number of benzene rings is 2. The van der Waals surface area contributed by atoms with Crippen LogP contribution in [0, 0.1) is 0 Å². The molecule has 1 N–H and O–H groups in total. The van der Waals surface area contributed by atoms with Gasteiger partial charge in [0.2, 0.25) is 0 Å². The summed E-state index contributed by atoms with van der Waals surface area (Å²) >= 11 is 0. The SMILES string of the molecule is O=C(O)Cc1ccc(Oc2cnnc3ccccc23)cc1. The number of carboxylic acids is 1. The summed E-state index contributed by atoms with van der Waals surface area (Å²) in [6.45, 7) is 0. The number of fused-ring (bicyclic) bond motifs is 1. The number of aromatic nitrogens is 2. The fraction of sp³-hybridized carbons (Fsp3) is 0.0625. The Hall–Kier alpha value is -2.95. The molecule has 0 saturated carbocycles. The Bertz CT molecular complexity index is 780. The van der Waals surface area contributed by atoms with Crippen LogP contribution in [0.4, 0.5) is 0 Å². The molecule has 21 heavy (non-hydrogen) atoms. The van der Waals surface area contributed by atoms with Gasteiger partial charge in [0.25, 0.3) is 0 Å². The van der Waals surface area contributed by atoms with Crippen LogP contribution in [0.25, 0.3) is 10.9 Å². The maximum atomic E-state index is 10.6. The molecule has 3 aromatic rings. The predicted molar refractivity (Wildman–Crippen MR) is 77.4 cm³/mol. The summed E-state index contributed by atoms with van der Waals surface area (Å²) in [6, 6.07) is 14.5. The molecule has 5 nitrogen and oxygen atoms in total. The smallest absolute Gasteiger partial charge is 0.307 e. The third-order valence-corrected chi connectivity index (χ3v) is 3.02.